The van der Waals surface area contributed by atoms with Gasteiger partial charge in [0.15, 0.2) is 6.29 Å². The summed E-state index contributed by atoms with van der Waals surface area (Å²) in [5.41, 5.74) is 0. The molecule has 0 aliphatic carbocycles. The topological polar surface area (TPSA) is 52.9 Å². The van der Waals surface area contributed by atoms with Crippen LogP contribution >= 0.6 is 0 Å². The standard InChI is InChI=1S/C37H77NO3/c1-3-5-7-9-11-13-15-17-19-21-23-25-27-29-32-38(34-35-39)33-31-37(40)41-36-30-28-26-24-22-20-18-16-14-12-10-8-6-4-2/h37,39-40H,3-36H2,1-2H3. The molecule has 0 radical (unpaired) electrons. The first-order valence-electron chi connectivity index (χ1n) is 18.9. The van der Waals surface area contributed by atoms with Crippen molar-refractivity contribution in [2.24, 2.45) is 0 Å². The van der Waals surface area contributed by atoms with Crippen LogP contribution in [-0.2, 0) is 4.74 Å². The van der Waals surface area contributed by atoms with Gasteiger partial charge in [-0.15, -0.1) is 0 Å². The van der Waals surface area contributed by atoms with E-state index in [-0.39, 0.29) is 6.61 Å². The van der Waals surface area contributed by atoms with Crippen molar-refractivity contribution in [1.82, 2.24) is 4.90 Å². The molecule has 0 spiro atoms. The van der Waals surface area contributed by atoms with Crippen molar-refractivity contribution >= 4 is 0 Å². The number of aliphatic hydroxyl groups is 2. The number of nitrogens with zero attached hydrogens (tertiary/aromatic N) is 1. The second kappa shape index (κ2) is 36.0. The van der Waals surface area contributed by atoms with Crippen LogP contribution in [-0.4, -0.2) is 54.3 Å². The minimum atomic E-state index is -0.672. The molecule has 4 nitrogen and oxygen atoms in total. The SMILES string of the molecule is CCCCCCCCCCCCCCCCOC(O)CCN(CCO)CCCCCCCCCCCCCCCC. The maximum atomic E-state index is 10.3. The number of rotatable bonds is 36. The largest absolute Gasteiger partial charge is 0.395 e. The molecule has 0 aromatic rings. The lowest BCUT2D eigenvalue weighted by Gasteiger charge is -2.23. The monoisotopic (exact) mass is 584 g/mol. The summed E-state index contributed by atoms with van der Waals surface area (Å²) in [7, 11) is 0. The molecule has 0 rings (SSSR count). The smallest absolute Gasteiger partial charge is 0.155 e. The van der Waals surface area contributed by atoms with Gasteiger partial charge in [-0.3, -0.25) is 0 Å². The summed E-state index contributed by atoms with van der Waals surface area (Å²) < 4.78 is 5.67. The number of ether oxygens (including phenoxy) is 1. The zero-order valence-corrected chi connectivity index (χ0v) is 28.4. The third-order valence-corrected chi connectivity index (χ3v) is 8.74. The second-order valence-electron chi connectivity index (χ2n) is 12.9. The Morgan fingerprint density at radius 2 is 0.780 bits per heavy atom. The molecule has 41 heavy (non-hydrogen) atoms. The molecule has 248 valence electrons. The van der Waals surface area contributed by atoms with E-state index >= 15 is 0 Å². The first kappa shape index (κ1) is 40.8. The normalized spacial score (nSPS) is 12.5. The van der Waals surface area contributed by atoms with E-state index in [2.05, 4.69) is 18.7 Å². The van der Waals surface area contributed by atoms with E-state index in [1.807, 2.05) is 0 Å². The van der Waals surface area contributed by atoms with Crippen LogP contribution in [0.4, 0.5) is 0 Å². The molecule has 4 heteroatoms. The van der Waals surface area contributed by atoms with E-state index in [1.54, 1.807) is 0 Å². The van der Waals surface area contributed by atoms with Gasteiger partial charge < -0.3 is 19.8 Å². The molecular weight excluding hydrogens is 506 g/mol. The van der Waals surface area contributed by atoms with Gasteiger partial charge in [0.05, 0.1) is 6.61 Å². The number of hydrogen-bond donors (Lipinski definition) is 2. The molecule has 1 atom stereocenters. The molecule has 0 heterocycles. The van der Waals surface area contributed by atoms with Crippen molar-refractivity contribution in [2.45, 2.75) is 206 Å². The lowest BCUT2D eigenvalue weighted by molar-refractivity contribution is -0.107. The van der Waals surface area contributed by atoms with Gasteiger partial charge in [0.1, 0.15) is 0 Å². The molecule has 0 bridgehead atoms. The summed E-state index contributed by atoms with van der Waals surface area (Å²) in [6.07, 6.45) is 38.2. The summed E-state index contributed by atoms with van der Waals surface area (Å²) in [5.74, 6) is 0. The van der Waals surface area contributed by atoms with Gasteiger partial charge in [-0.2, -0.15) is 0 Å². The molecule has 1 unspecified atom stereocenters. The fourth-order valence-electron chi connectivity index (χ4n) is 5.90. The molecule has 0 aromatic carbocycles. The number of aliphatic hydroxyl groups excluding tert-OH is 2. The highest BCUT2D eigenvalue weighted by Gasteiger charge is 2.09. The van der Waals surface area contributed by atoms with Crippen LogP contribution in [0.2, 0.25) is 0 Å². The van der Waals surface area contributed by atoms with Crippen LogP contribution in [0, 0.1) is 0 Å². The summed E-state index contributed by atoms with van der Waals surface area (Å²) >= 11 is 0. The molecule has 0 amide bonds. The lowest BCUT2D eigenvalue weighted by atomic mass is 10.0. The van der Waals surface area contributed by atoms with E-state index in [9.17, 15) is 10.2 Å². The molecule has 0 aromatic heterocycles. The molecule has 2 N–H and O–H groups in total. The Morgan fingerprint density at radius 3 is 1.15 bits per heavy atom. The van der Waals surface area contributed by atoms with Crippen LogP contribution in [0.3, 0.4) is 0 Å². The second-order valence-corrected chi connectivity index (χ2v) is 12.9. The maximum Gasteiger partial charge on any atom is 0.155 e. The first-order chi connectivity index (χ1) is 20.2. The van der Waals surface area contributed by atoms with Gasteiger partial charge in [-0.25, -0.2) is 0 Å². The number of unbranched alkanes of at least 4 members (excludes halogenated alkanes) is 26. The molecule has 0 fully saturated rings. The van der Waals surface area contributed by atoms with Gasteiger partial charge >= 0.3 is 0 Å². The van der Waals surface area contributed by atoms with Crippen LogP contribution in [0.25, 0.3) is 0 Å². The summed E-state index contributed by atoms with van der Waals surface area (Å²) in [6.45, 7) is 7.95. The molecule has 0 saturated carbocycles. The number of hydrogen-bond acceptors (Lipinski definition) is 4. The summed E-state index contributed by atoms with van der Waals surface area (Å²) in [5, 5.41) is 19.7. The third kappa shape index (κ3) is 34.2. The van der Waals surface area contributed by atoms with E-state index in [0.717, 1.165) is 19.5 Å². The van der Waals surface area contributed by atoms with Crippen molar-refractivity contribution in [3.63, 3.8) is 0 Å². The minimum Gasteiger partial charge on any atom is -0.395 e. The van der Waals surface area contributed by atoms with E-state index in [1.165, 1.54) is 173 Å². The fraction of sp³-hybridized carbons (Fsp3) is 1.00. The highest BCUT2D eigenvalue weighted by molar-refractivity contribution is 4.60. The van der Waals surface area contributed by atoms with Crippen LogP contribution in [0.15, 0.2) is 0 Å². The maximum absolute atomic E-state index is 10.3. The molecule has 0 saturated heterocycles. The van der Waals surface area contributed by atoms with Crippen LogP contribution in [0.1, 0.15) is 200 Å². The average Bonchev–Trinajstić information content (AvgIpc) is 2.98. The van der Waals surface area contributed by atoms with Crippen molar-refractivity contribution in [3.8, 4) is 0 Å². The Morgan fingerprint density at radius 1 is 0.439 bits per heavy atom. The Labute approximate surface area is 258 Å². The van der Waals surface area contributed by atoms with E-state index in [0.29, 0.717) is 19.6 Å². The first-order valence-corrected chi connectivity index (χ1v) is 18.9. The van der Waals surface area contributed by atoms with Crippen LogP contribution < -0.4 is 0 Å². The predicted molar refractivity (Wildman–Crippen MR) is 181 cm³/mol. The van der Waals surface area contributed by atoms with Crippen molar-refractivity contribution < 1.29 is 14.9 Å². The summed E-state index contributed by atoms with van der Waals surface area (Å²) in [4.78, 5) is 2.29. The Kier molecular flexibility index (Phi) is 35.9. The predicted octanol–water partition coefficient (Wildman–Crippen LogP) is 11.0. The zero-order chi connectivity index (χ0) is 29.9. The van der Waals surface area contributed by atoms with E-state index < -0.39 is 6.29 Å². The van der Waals surface area contributed by atoms with Gasteiger partial charge in [0, 0.05) is 26.1 Å². The summed E-state index contributed by atoms with van der Waals surface area (Å²) in [6, 6.07) is 0. The molecule has 0 aliphatic rings. The fourth-order valence-corrected chi connectivity index (χ4v) is 5.90. The van der Waals surface area contributed by atoms with Crippen molar-refractivity contribution in [3.05, 3.63) is 0 Å². The van der Waals surface area contributed by atoms with Crippen molar-refractivity contribution in [2.75, 3.05) is 32.8 Å². The Bertz CT molecular complexity index is 461. The van der Waals surface area contributed by atoms with Crippen molar-refractivity contribution in [1.29, 1.82) is 0 Å². The Hall–Kier alpha value is -0.160. The highest BCUT2D eigenvalue weighted by Crippen LogP contribution is 2.15. The molecular formula is C37H77NO3. The quantitative estimate of drug-likeness (QED) is 0.0569. The van der Waals surface area contributed by atoms with Gasteiger partial charge in [-0.05, 0) is 19.4 Å². The van der Waals surface area contributed by atoms with E-state index in [4.69, 9.17) is 4.74 Å². The van der Waals surface area contributed by atoms with Crippen LogP contribution in [0.5, 0.6) is 0 Å². The highest BCUT2D eigenvalue weighted by atomic mass is 16.6. The van der Waals surface area contributed by atoms with Gasteiger partial charge in [-0.1, -0.05) is 181 Å². The minimum absolute atomic E-state index is 0.189. The van der Waals surface area contributed by atoms with Gasteiger partial charge in [0.2, 0.25) is 0 Å². The Balaban J connectivity index is 3.48. The third-order valence-electron chi connectivity index (χ3n) is 8.74. The molecule has 0 aliphatic heterocycles. The zero-order valence-electron chi connectivity index (χ0n) is 28.4. The average molecular weight is 584 g/mol. The lowest BCUT2D eigenvalue weighted by Crippen LogP contribution is -2.31. The van der Waals surface area contributed by atoms with Gasteiger partial charge in [0.25, 0.3) is 0 Å².